The number of hydrogen-bond acceptors (Lipinski definition) is 3. The van der Waals surface area contributed by atoms with Crippen LogP contribution >= 0.6 is 0 Å². The Hall–Kier alpha value is -2.36. The van der Waals surface area contributed by atoms with Gasteiger partial charge in [0.25, 0.3) is 0 Å². The molecule has 0 aromatic heterocycles. The van der Waals surface area contributed by atoms with Crippen LogP contribution in [-0.4, -0.2) is 23.1 Å². The van der Waals surface area contributed by atoms with Crippen molar-refractivity contribution in [3.8, 4) is 0 Å². The van der Waals surface area contributed by atoms with Crippen LogP contribution in [0.5, 0.6) is 0 Å². The molecule has 0 amide bonds. The summed E-state index contributed by atoms with van der Waals surface area (Å²) < 4.78 is 5.47. The minimum Gasteiger partial charge on any atom is -0.481 e. The molecule has 0 spiro atoms. The van der Waals surface area contributed by atoms with Gasteiger partial charge in [-0.1, -0.05) is 113 Å². The molecular weight excluding hydrogens is 448 g/mol. The van der Waals surface area contributed by atoms with E-state index in [4.69, 9.17) is 9.84 Å². The molecule has 0 aliphatic carbocycles. The predicted octanol–water partition coefficient (Wildman–Crippen LogP) is 9.44. The van der Waals surface area contributed by atoms with Crippen molar-refractivity contribution in [1.29, 1.82) is 0 Å². The second-order valence-corrected chi connectivity index (χ2v) is 9.22. The van der Waals surface area contributed by atoms with Gasteiger partial charge in [-0.05, 0) is 57.8 Å². The summed E-state index contributed by atoms with van der Waals surface area (Å²) in [7, 11) is 0. The monoisotopic (exact) mass is 500 g/mol. The largest absolute Gasteiger partial charge is 0.481 e. The number of hydrogen-bond donors (Lipinski definition) is 1. The van der Waals surface area contributed by atoms with E-state index >= 15 is 0 Å². The summed E-state index contributed by atoms with van der Waals surface area (Å²) >= 11 is 0. The number of allylic oxidation sites excluding steroid dienone is 10. The number of esters is 1. The molecule has 0 radical (unpaired) electrons. The van der Waals surface area contributed by atoms with Crippen LogP contribution < -0.4 is 0 Å². The first-order chi connectivity index (χ1) is 17.6. The van der Waals surface area contributed by atoms with Crippen molar-refractivity contribution in [2.24, 2.45) is 0 Å². The van der Waals surface area contributed by atoms with Gasteiger partial charge < -0.3 is 9.84 Å². The number of aliphatic carboxylic acids is 1. The fourth-order valence-corrected chi connectivity index (χ4v) is 3.70. The van der Waals surface area contributed by atoms with E-state index in [2.05, 4.69) is 74.6 Å². The molecule has 36 heavy (non-hydrogen) atoms. The van der Waals surface area contributed by atoms with Crippen LogP contribution in [0, 0.1) is 0 Å². The van der Waals surface area contributed by atoms with Gasteiger partial charge in [0, 0.05) is 6.42 Å². The van der Waals surface area contributed by atoms with Crippen molar-refractivity contribution in [1.82, 2.24) is 0 Å². The summed E-state index contributed by atoms with van der Waals surface area (Å²) in [4.78, 5) is 23.2. The maximum atomic E-state index is 12.1. The van der Waals surface area contributed by atoms with Crippen molar-refractivity contribution in [3.63, 3.8) is 0 Å². The van der Waals surface area contributed by atoms with E-state index in [0.29, 0.717) is 12.8 Å². The molecule has 1 unspecified atom stereocenters. The maximum Gasteiger partial charge on any atom is 0.307 e. The van der Waals surface area contributed by atoms with Crippen LogP contribution in [0.4, 0.5) is 0 Å². The summed E-state index contributed by atoms with van der Waals surface area (Å²) in [6.07, 6.45) is 36.7. The third-order valence-electron chi connectivity index (χ3n) is 5.74. The van der Waals surface area contributed by atoms with Crippen molar-refractivity contribution < 1.29 is 19.4 Å². The summed E-state index contributed by atoms with van der Waals surface area (Å²) in [5.74, 6) is -1.19. The summed E-state index contributed by atoms with van der Waals surface area (Å²) in [6, 6.07) is 0. The minimum atomic E-state index is -0.908. The zero-order valence-electron chi connectivity index (χ0n) is 23.0. The second kappa shape index (κ2) is 27.2. The molecule has 0 heterocycles. The highest BCUT2D eigenvalue weighted by atomic mass is 16.5. The van der Waals surface area contributed by atoms with Crippen molar-refractivity contribution in [3.05, 3.63) is 60.8 Å². The van der Waals surface area contributed by atoms with Gasteiger partial charge >= 0.3 is 11.9 Å². The Bertz CT molecular complexity index is 670. The molecule has 0 saturated heterocycles. The fourth-order valence-electron chi connectivity index (χ4n) is 3.70. The van der Waals surface area contributed by atoms with Crippen LogP contribution in [0.15, 0.2) is 60.8 Å². The third kappa shape index (κ3) is 26.2. The van der Waals surface area contributed by atoms with Crippen LogP contribution in [-0.2, 0) is 14.3 Å². The Kier molecular flexibility index (Phi) is 25.4. The van der Waals surface area contributed by atoms with E-state index in [1.807, 2.05) is 0 Å². The van der Waals surface area contributed by atoms with E-state index in [1.54, 1.807) is 0 Å². The zero-order chi connectivity index (χ0) is 26.5. The summed E-state index contributed by atoms with van der Waals surface area (Å²) in [5.41, 5.74) is 0. The Labute approximate surface area is 221 Å². The molecular formula is C32H52O4. The third-order valence-corrected chi connectivity index (χ3v) is 5.74. The molecule has 0 bridgehead atoms. The standard InChI is InChI=1S/C32H52O4/c1-3-5-7-9-11-12-13-14-15-16-17-18-19-20-22-24-26-28-32(35)36-30(29-31(33)34)27-25-23-21-10-8-6-4-2/h5,7,11-12,14-15,17-18,20,22,30H,3-4,6,8-10,13,16,19,21,23-29H2,1-2H3,(H,33,34)/b7-5-,12-11-,15-14-,18-17-,22-20-. The fraction of sp³-hybridized carbons (Fsp3) is 0.625. The Morgan fingerprint density at radius 3 is 1.69 bits per heavy atom. The van der Waals surface area contributed by atoms with Gasteiger partial charge in [-0.15, -0.1) is 0 Å². The lowest BCUT2D eigenvalue weighted by Crippen LogP contribution is -2.21. The Morgan fingerprint density at radius 1 is 0.667 bits per heavy atom. The van der Waals surface area contributed by atoms with Crippen LogP contribution in [0.2, 0.25) is 0 Å². The van der Waals surface area contributed by atoms with Crippen LogP contribution in [0.1, 0.15) is 123 Å². The van der Waals surface area contributed by atoms with Gasteiger partial charge in [0.2, 0.25) is 0 Å². The molecule has 0 fully saturated rings. The average molecular weight is 501 g/mol. The smallest absolute Gasteiger partial charge is 0.307 e. The quantitative estimate of drug-likeness (QED) is 0.0814. The van der Waals surface area contributed by atoms with Crippen LogP contribution in [0.3, 0.4) is 0 Å². The van der Waals surface area contributed by atoms with E-state index in [1.165, 1.54) is 32.1 Å². The van der Waals surface area contributed by atoms with Crippen molar-refractivity contribution in [2.75, 3.05) is 0 Å². The predicted molar refractivity (Wildman–Crippen MR) is 153 cm³/mol. The molecule has 1 atom stereocenters. The lowest BCUT2D eigenvalue weighted by molar-refractivity contribution is -0.153. The van der Waals surface area contributed by atoms with Crippen molar-refractivity contribution in [2.45, 2.75) is 129 Å². The molecule has 0 aromatic rings. The normalized spacial score (nSPS) is 13.2. The first-order valence-corrected chi connectivity index (χ1v) is 14.3. The van der Waals surface area contributed by atoms with E-state index < -0.39 is 12.1 Å². The molecule has 0 aliphatic heterocycles. The van der Waals surface area contributed by atoms with Gasteiger partial charge in [-0.3, -0.25) is 9.59 Å². The molecule has 0 saturated carbocycles. The minimum absolute atomic E-state index is 0.101. The number of rotatable bonds is 24. The Morgan fingerprint density at radius 2 is 1.17 bits per heavy atom. The highest BCUT2D eigenvalue weighted by molar-refractivity contribution is 5.71. The molecule has 4 nitrogen and oxygen atoms in total. The molecule has 204 valence electrons. The van der Waals surface area contributed by atoms with E-state index in [-0.39, 0.29) is 12.4 Å². The topological polar surface area (TPSA) is 63.6 Å². The van der Waals surface area contributed by atoms with E-state index in [0.717, 1.165) is 57.8 Å². The first kappa shape index (κ1) is 33.6. The number of unbranched alkanes of at least 4 members (excludes halogenated alkanes) is 7. The van der Waals surface area contributed by atoms with E-state index in [9.17, 15) is 9.59 Å². The number of carbonyl (C=O) groups excluding carboxylic acids is 1. The maximum absolute atomic E-state index is 12.1. The average Bonchev–Trinajstić information content (AvgIpc) is 2.85. The number of carboxylic acid groups (broad SMARTS) is 1. The first-order valence-electron chi connectivity index (χ1n) is 14.3. The highest BCUT2D eigenvalue weighted by Gasteiger charge is 2.17. The molecule has 4 heteroatoms. The molecule has 0 rings (SSSR count). The van der Waals surface area contributed by atoms with Gasteiger partial charge in [0.15, 0.2) is 0 Å². The number of carboxylic acids is 1. The SMILES string of the molecule is CC/C=C\C/C=C\C/C=C\C/C=C\C/C=C\CCCC(=O)OC(CCCCCCCCC)CC(=O)O. The lowest BCUT2D eigenvalue weighted by Gasteiger charge is -2.16. The van der Waals surface area contributed by atoms with Crippen LogP contribution in [0.25, 0.3) is 0 Å². The zero-order valence-corrected chi connectivity index (χ0v) is 23.0. The Balaban J connectivity index is 3.88. The summed E-state index contributed by atoms with van der Waals surface area (Å²) in [5, 5.41) is 9.11. The second-order valence-electron chi connectivity index (χ2n) is 9.22. The highest BCUT2D eigenvalue weighted by Crippen LogP contribution is 2.15. The van der Waals surface area contributed by atoms with Gasteiger partial charge in [-0.25, -0.2) is 0 Å². The molecule has 0 aliphatic rings. The lowest BCUT2D eigenvalue weighted by atomic mass is 10.0. The van der Waals surface area contributed by atoms with Gasteiger partial charge in [-0.2, -0.15) is 0 Å². The molecule has 0 aromatic carbocycles. The molecule has 1 N–H and O–H groups in total. The number of carbonyl (C=O) groups is 2. The number of ether oxygens (including phenoxy) is 1. The van der Waals surface area contributed by atoms with Gasteiger partial charge in [0.05, 0.1) is 6.42 Å². The van der Waals surface area contributed by atoms with Gasteiger partial charge in [0.1, 0.15) is 6.10 Å². The summed E-state index contributed by atoms with van der Waals surface area (Å²) in [6.45, 7) is 4.35. The van der Waals surface area contributed by atoms with Crippen molar-refractivity contribution >= 4 is 11.9 Å².